The highest BCUT2D eigenvalue weighted by Crippen LogP contribution is 2.15. The first-order valence-corrected chi connectivity index (χ1v) is 6.29. The van der Waals surface area contributed by atoms with Gasteiger partial charge in [0.05, 0.1) is 17.9 Å². The highest BCUT2D eigenvalue weighted by atomic mass is 16.5. The second-order valence-corrected chi connectivity index (χ2v) is 4.52. The molecule has 1 aromatic rings. The highest BCUT2D eigenvalue weighted by Gasteiger charge is 2.23. The lowest BCUT2D eigenvalue weighted by molar-refractivity contribution is -0.305. The molecule has 1 aliphatic rings. The Morgan fingerprint density at radius 1 is 1.47 bits per heavy atom. The van der Waals surface area contributed by atoms with Crippen LogP contribution in [0.25, 0.3) is 0 Å². The van der Waals surface area contributed by atoms with E-state index >= 15 is 0 Å². The zero-order chi connectivity index (χ0) is 13.7. The van der Waals surface area contributed by atoms with E-state index in [-0.39, 0.29) is 25.0 Å². The summed E-state index contributed by atoms with van der Waals surface area (Å²) in [5, 5.41) is 10.6. The number of hydrogen-bond donors (Lipinski definition) is 0. The quantitative estimate of drug-likeness (QED) is 0.726. The maximum atomic E-state index is 12.2. The summed E-state index contributed by atoms with van der Waals surface area (Å²) in [7, 11) is 0. The van der Waals surface area contributed by atoms with Crippen LogP contribution in [0.3, 0.4) is 0 Å². The number of furan rings is 1. The number of ether oxygens (including phenoxy) is 1. The van der Waals surface area contributed by atoms with Gasteiger partial charge in [-0.25, -0.2) is 0 Å². The predicted molar refractivity (Wildman–Crippen MR) is 63.2 cm³/mol. The Balaban J connectivity index is 1.99. The number of carbonyl (C=O) groups excluding carboxylic acids is 2. The first-order valence-electron chi connectivity index (χ1n) is 6.29. The van der Waals surface area contributed by atoms with Crippen molar-refractivity contribution in [1.29, 1.82) is 0 Å². The molecule has 1 aromatic heterocycles. The van der Waals surface area contributed by atoms with Crippen molar-refractivity contribution in [2.45, 2.75) is 25.4 Å². The predicted octanol–water partition coefficient (Wildman–Crippen LogP) is 0.0408. The molecule has 6 heteroatoms. The number of carbonyl (C=O) groups is 2. The fourth-order valence-corrected chi connectivity index (χ4v) is 2.10. The van der Waals surface area contributed by atoms with Crippen LogP contribution in [0, 0.1) is 0 Å². The van der Waals surface area contributed by atoms with Crippen molar-refractivity contribution in [2.24, 2.45) is 0 Å². The SMILES string of the molecule is O=C([O-])CCN(C[C@@H]1CCCO1)C(=O)c1ccoc1. The Labute approximate surface area is 110 Å². The first kappa shape index (κ1) is 13.6. The van der Waals surface area contributed by atoms with Crippen molar-refractivity contribution >= 4 is 11.9 Å². The molecule has 0 saturated carbocycles. The molecule has 2 heterocycles. The van der Waals surface area contributed by atoms with E-state index in [1.54, 1.807) is 6.07 Å². The lowest BCUT2D eigenvalue weighted by Crippen LogP contribution is -2.40. The van der Waals surface area contributed by atoms with Gasteiger partial charge in [-0.15, -0.1) is 0 Å². The van der Waals surface area contributed by atoms with E-state index in [4.69, 9.17) is 9.15 Å². The maximum absolute atomic E-state index is 12.2. The van der Waals surface area contributed by atoms with Gasteiger partial charge in [-0.2, -0.15) is 0 Å². The third-order valence-electron chi connectivity index (χ3n) is 3.09. The van der Waals surface area contributed by atoms with Gasteiger partial charge >= 0.3 is 0 Å². The second kappa shape index (κ2) is 6.38. The largest absolute Gasteiger partial charge is 0.550 e. The summed E-state index contributed by atoms with van der Waals surface area (Å²) >= 11 is 0. The Hall–Kier alpha value is -1.82. The van der Waals surface area contributed by atoms with Crippen LogP contribution < -0.4 is 5.11 Å². The fourth-order valence-electron chi connectivity index (χ4n) is 2.10. The lowest BCUT2D eigenvalue weighted by Gasteiger charge is -2.25. The highest BCUT2D eigenvalue weighted by molar-refractivity contribution is 5.94. The zero-order valence-electron chi connectivity index (χ0n) is 10.5. The Kier molecular flexibility index (Phi) is 4.57. The molecule has 0 aliphatic carbocycles. The van der Waals surface area contributed by atoms with Crippen LogP contribution in [0.1, 0.15) is 29.6 Å². The van der Waals surface area contributed by atoms with Gasteiger partial charge < -0.3 is 24.0 Å². The minimum atomic E-state index is -1.17. The van der Waals surface area contributed by atoms with Crippen LogP contribution in [0.5, 0.6) is 0 Å². The van der Waals surface area contributed by atoms with Gasteiger partial charge in [0.2, 0.25) is 0 Å². The fraction of sp³-hybridized carbons (Fsp3) is 0.538. The van der Waals surface area contributed by atoms with Crippen molar-refractivity contribution in [3.8, 4) is 0 Å². The van der Waals surface area contributed by atoms with Gasteiger partial charge in [0.15, 0.2) is 0 Å². The molecule has 0 radical (unpaired) electrons. The molecule has 2 rings (SSSR count). The summed E-state index contributed by atoms with van der Waals surface area (Å²) in [5.41, 5.74) is 0.413. The number of rotatable bonds is 6. The minimum absolute atomic E-state index is 0.0161. The number of nitrogens with zero attached hydrogens (tertiary/aromatic N) is 1. The van der Waals surface area contributed by atoms with E-state index in [2.05, 4.69) is 0 Å². The Morgan fingerprint density at radius 2 is 2.32 bits per heavy atom. The molecule has 1 atom stereocenters. The summed E-state index contributed by atoms with van der Waals surface area (Å²) in [6.45, 7) is 1.21. The van der Waals surface area contributed by atoms with Crippen LogP contribution >= 0.6 is 0 Å². The van der Waals surface area contributed by atoms with E-state index in [1.165, 1.54) is 17.4 Å². The number of hydrogen-bond acceptors (Lipinski definition) is 5. The summed E-state index contributed by atoms with van der Waals surface area (Å²) in [4.78, 5) is 24.2. The van der Waals surface area contributed by atoms with Gasteiger partial charge in [-0.3, -0.25) is 4.79 Å². The molecule has 0 bridgehead atoms. The van der Waals surface area contributed by atoms with Crippen LogP contribution in [-0.2, 0) is 9.53 Å². The first-order chi connectivity index (χ1) is 9.16. The third-order valence-corrected chi connectivity index (χ3v) is 3.09. The smallest absolute Gasteiger partial charge is 0.257 e. The van der Waals surface area contributed by atoms with Crippen molar-refractivity contribution < 1.29 is 23.8 Å². The van der Waals surface area contributed by atoms with Gasteiger partial charge in [-0.05, 0) is 18.9 Å². The average molecular weight is 266 g/mol. The second-order valence-electron chi connectivity index (χ2n) is 4.52. The van der Waals surface area contributed by atoms with E-state index in [9.17, 15) is 14.7 Å². The van der Waals surface area contributed by atoms with E-state index in [0.29, 0.717) is 18.7 Å². The van der Waals surface area contributed by atoms with E-state index in [1.807, 2.05) is 0 Å². The van der Waals surface area contributed by atoms with E-state index in [0.717, 1.165) is 12.8 Å². The zero-order valence-corrected chi connectivity index (χ0v) is 10.5. The molecule has 0 spiro atoms. The van der Waals surface area contributed by atoms with Crippen LogP contribution in [-0.4, -0.2) is 42.6 Å². The third kappa shape index (κ3) is 3.82. The molecule has 1 fully saturated rings. The molecule has 0 N–H and O–H groups in total. The standard InChI is InChI=1S/C13H17NO5/c15-12(16)3-5-14(8-11-2-1-6-19-11)13(17)10-4-7-18-9-10/h4,7,9,11H,1-3,5-6,8H2,(H,15,16)/p-1/t11-/m0/s1. The molecule has 0 aromatic carbocycles. The van der Waals surface area contributed by atoms with E-state index < -0.39 is 5.97 Å². The number of aliphatic carboxylic acids is 1. The van der Waals surface area contributed by atoms with Crippen molar-refractivity contribution in [1.82, 2.24) is 4.90 Å². The van der Waals surface area contributed by atoms with Crippen molar-refractivity contribution in [3.05, 3.63) is 24.2 Å². The summed E-state index contributed by atoms with van der Waals surface area (Å²) in [6.07, 6.45) is 4.42. The number of carboxylic acid groups (broad SMARTS) is 1. The molecule has 1 saturated heterocycles. The van der Waals surface area contributed by atoms with Crippen molar-refractivity contribution in [2.75, 3.05) is 19.7 Å². The monoisotopic (exact) mass is 266 g/mol. The summed E-state index contributed by atoms with van der Waals surface area (Å²) in [6, 6.07) is 1.56. The molecule has 104 valence electrons. The summed E-state index contributed by atoms with van der Waals surface area (Å²) < 4.78 is 10.4. The van der Waals surface area contributed by atoms with Crippen LogP contribution in [0.2, 0.25) is 0 Å². The molecule has 1 aliphatic heterocycles. The molecule has 1 amide bonds. The Bertz CT molecular complexity index is 422. The topological polar surface area (TPSA) is 82.8 Å². The van der Waals surface area contributed by atoms with Crippen LogP contribution in [0.15, 0.2) is 23.0 Å². The normalized spacial score (nSPS) is 18.4. The number of amides is 1. The Morgan fingerprint density at radius 3 is 2.89 bits per heavy atom. The van der Waals surface area contributed by atoms with Crippen molar-refractivity contribution in [3.63, 3.8) is 0 Å². The van der Waals surface area contributed by atoms with Gasteiger partial charge in [0, 0.05) is 32.1 Å². The van der Waals surface area contributed by atoms with Gasteiger partial charge in [0.25, 0.3) is 5.91 Å². The maximum Gasteiger partial charge on any atom is 0.257 e. The lowest BCUT2D eigenvalue weighted by atomic mass is 10.2. The number of carboxylic acids is 1. The van der Waals surface area contributed by atoms with Crippen LogP contribution in [0.4, 0.5) is 0 Å². The molecule has 0 unspecified atom stereocenters. The minimum Gasteiger partial charge on any atom is -0.550 e. The molecule has 6 nitrogen and oxygen atoms in total. The molecular weight excluding hydrogens is 250 g/mol. The van der Waals surface area contributed by atoms with Gasteiger partial charge in [-0.1, -0.05) is 0 Å². The molecular formula is C13H16NO5-. The molecule has 19 heavy (non-hydrogen) atoms. The average Bonchev–Trinajstić information content (AvgIpc) is 3.06. The summed E-state index contributed by atoms with van der Waals surface area (Å²) in [5.74, 6) is -1.41. The van der Waals surface area contributed by atoms with Gasteiger partial charge in [0.1, 0.15) is 6.26 Å².